The van der Waals surface area contributed by atoms with Gasteiger partial charge >= 0.3 is 0 Å². The summed E-state index contributed by atoms with van der Waals surface area (Å²) in [5.41, 5.74) is 6.78. The zero-order valence-corrected chi connectivity index (χ0v) is 10.8. The monoisotopic (exact) mass is 237 g/mol. The summed E-state index contributed by atoms with van der Waals surface area (Å²) in [4.78, 5) is 6.54. The summed E-state index contributed by atoms with van der Waals surface area (Å²) >= 11 is 0. The van der Waals surface area contributed by atoms with Gasteiger partial charge in [0.05, 0.1) is 6.10 Å². The Balaban J connectivity index is 2.27. The van der Waals surface area contributed by atoms with Gasteiger partial charge in [-0.1, -0.05) is 6.07 Å². The van der Waals surface area contributed by atoms with Crippen molar-refractivity contribution < 1.29 is 4.74 Å². The third kappa shape index (κ3) is 5.77. The van der Waals surface area contributed by atoms with E-state index in [1.54, 1.807) is 0 Å². The average molecular weight is 237 g/mol. The molecule has 0 aliphatic heterocycles. The van der Waals surface area contributed by atoms with E-state index < -0.39 is 0 Å². The fourth-order valence-electron chi connectivity index (χ4n) is 1.72. The third-order valence-electron chi connectivity index (χ3n) is 2.66. The van der Waals surface area contributed by atoms with Crippen molar-refractivity contribution in [2.24, 2.45) is 5.73 Å². The van der Waals surface area contributed by atoms with Crippen LogP contribution in [0.2, 0.25) is 0 Å². The van der Waals surface area contributed by atoms with Crippen molar-refractivity contribution in [1.82, 2.24) is 9.88 Å². The molecule has 0 spiro atoms. The SMILES string of the molecule is CCOC(CN)CN(C)CCc1ccccn1. The smallest absolute Gasteiger partial charge is 0.0823 e. The minimum Gasteiger partial charge on any atom is -0.376 e. The lowest BCUT2D eigenvalue weighted by Crippen LogP contribution is -2.37. The van der Waals surface area contributed by atoms with Crippen molar-refractivity contribution in [3.8, 4) is 0 Å². The second kappa shape index (κ2) is 8.17. The second-order valence-electron chi connectivity index (χ2n) is 4.15. The maximum atomic E-state index is 5.65. The van der Waals surface area contributed by atoms with Crippen LogP contribution in [0, 0.1) is 0 Å². The summed E-state index contributed by atoms with van der Waals surface area (Å²) in [5, 5.41) is 0. The van der Waals surface area contributed by atoms with Crippen LogP contribution in [0.1, 0.15) is 12.6 Å². The Kier molecular flexibility index (Phi) is 6.77. The van der Waals surface area contributed by atoms with Gasteiger partial charge in [0.2, 0.25) is 0 Å². The highest BCUT2D eigenvalue weighted by Gasteiger charge is 2.09. The van der Waals surface area contributed by atoms with Crippen LogP contribution in [0.25, 0.3) is 0 Å². The average Bonchev–Trinajstić information content (AvgIpc) is 2.37. The zero-order valence-electron chi connectivity index (χ0n) is 10.8. The zero-order chi connectivity index (χ0) is 12.5. The van der Waals surface area contributed by atoms with Gasteiger partial charge in [-0.25, -0.2) is 0 Å². The molecule has 0 aromatic carbocycles. The highest BCUT2D eigenvalue weighted by molar-refractivity contribution is 5.03. The molecule has 0 aliphatic carbocycles. The van der Waals surface area contributed by atoms with Gasteiger partial charge in [-0.3, -0.25) is 4.98 Å². The highest BCUT2D eigenvalue weighted by atomic mass is 16.5. The molecular formula is C13H23N3O. The lowest BCUT2D eigenvalue weighted by atomic mass is 10.2. The van der Waals surface area contributed by atoms with Crippen LogP contribution in [-0.2, 0) is 11.2 Å². The van der Waals surface area contributed by atoms with Gasteiger partial charge < -0.3 is 15.4 Å². The molecule has 0 aliphatic rings. The van der Waals surface area contributed by atoms with Gasteiger partial charge in [-0.05, 0) is 26.1 Å². The Morgan fingerprint density at radius 2 is 2.29 bits per heavy atom. The van der Waals surface area contributed by atoms with Crippen molar-refractivity contribution >= 4 is 0 Å². The van der Waals surface area contributed by atoms with Crippen molar-refractivity contribution in [1.29, 1.82) is 0 Å². The summed E-state index contributed by atoms with van der Waals surface area (Å²) in [5.74, 6) is 0. The molecular weight excluding hydrogens is 214 g/mol. The molecule has 1 rings (SSSR count). The van der Waals surface area contributed by atoms with E-state index in [1.807, 2.05) is 25.3 Å². The van der Waals surface area contributed by atoms with Gasteiger partial charge in [-0.2, -0.15) is 0 Å². The van der Waals surface area contributed by atoms with Crippen LogP contribution in [-0.4, -0.2) is 49.3 Å². The van der Waals surface area contributed by atoms with Crippen LogP contribution in [0.4, 0.5) is 0 Å². The minimum absolute atomic E-state index is 0.133. The molecule has 0 amide bonds. The molecule has 0 radical (unpaired) electrons. The number of pyridine rings is 1. The van der Waals surface area contributed by atoms with E-state index in [-0.39, 0.29) is 6.10 Å². The van der Waals surface area contributed by atoms with E-state index in [0.29, 0.717) is 6.54 Å². The Labute approximate surface area is 104 Å². The molecule has 0 fully saturated rings. The molecule has 0 bridgehead atoms. The van der Waals surface area contributed by atoms with Gasteiger partial charge in [-0.15, -0.1) is 0 Å². The van der Waals surface area contributed by atoms with Crippen molar-refractivity contribution in [3.63, 3.8) is 0 Å². The summed E-state index contributed by atoms with van der Waals surface area (Å²) in [6.07, 6.45) is 2.92. The number of nitrogens with two attached hydrogens (primary N) is 1. The molecule has 1 atom stereocenters. The van der Waals surface area contributed by atoms with E-state index in [1.165, 1.54) is 0 Å². The minimum atomic E-state index is 0.133. The first-order valence-corrected chi connectivity index (χ1v) is 6.16. The molecule has 4 nitrogen and oxygen atoms in total. The molecule has 0 saturated heterocycles. The van der Waals surface area contributed by atoms with Crippen LogP contribution in [0.5, 0.6) is 0 Å². The number of rotatable bonds is 8. The first kappa shape index (κ1) is 14.1. The predicted octanol–water partition coefficient (Wildman–Crippen LogP) is 0.920. The number of hydrogen-bond donors (Lipinski definition) is 1. The van der Waals surface area contributed by atoms with Gasteiger partial charge in [0.1, 0.15) is 0 Å². The number of aromatic nitrogens is 1. The summed E-state index contributed by atoms with van der Waals surface area (Å²) in [7, 11) is 2.09. The second-order valence-corrected chi connectivity index (χ2v) is 4.15. The maximum Gasteiger partial charge on any atom is 0.0823 e. The fourth-order valence-corrected chi connectivity index (χ4v) is 1.72. The Bertz CT molecular complexity index is 292. The number of hydrogen-bond acceptors (Lipinski definition) is 4. The Morgan fingerprint density at radius 3 is 2.88 bits per heavy atom. The molecule has 1 unspecified atom stereocenters. The lowest BCUT2D eigenvalue weighted by molar-refractivity contribution is 0.0454. The van der Waals surface area contributed by atoms with Gasteiger partial charge in [0.25, 0.3) is 0 Å². The first-order valence-electron chi connectivity index (χ1n) is 6.16. The molecule has 4 heteroatoms. The standard InChI is InChI=1S/C13H23N3O/c1-3-17-13(10-14)11-16(2)9-7-12-6-4-5-8-15-12/h4-6,8,13H,3,7,9-11,14H2,1-2H3. The Hall–Kier alpha value is -0.970. The van der Waals surface area contributed by atoms with Crippen LogP contribution < -0.4 is 5.73 Å². The molecule has 1 aromatic heterocycles. The lowest BCUT2D eigenvalue weighted by Gasteiger charge is -2.22. The number of nitrogens with zero attached hydrogens (tertiary/aromatic N) is 2. The van der Waals surface area contributed by atoms with Crippen LogP contribution in [0.15, 0.2) is 24.4 Å². The van der Waals surface area contributed by atoms with Crippen molar-refractivity contribution in [3.05, 3.63) is 30.1 Å². The maximum absolute atomic E-state index is 5.65. The molecule has 96 valence electrons. The number of likely N-dealkylation sites (N-methyl/N-ethyl adjacent to an activating group) is 1. The van der Waals surface area contributed by atoms with Crippen molar-refractivity contribution in [2.75, 3.05) is 33.3 Å². The van der Waals surface area contributed by atoms with Crippen molar-refractivity contribution in [2.45, 2.75) is 19.4 Å². The van der Waals surface area contributed by atoms with Gasteiger partial charge in [0.15, 0.2) is 0 Å². The first-order chi connectivity index (χ1) is 8.26. The highest BCUT2D eigenvalue weighted by Crippen LogP contribution is 1.99. The molecule has 2 N–H and O–H groups in total. The van der Waals surface area contributed by atoms with Crippen LogP contribution >= 0.6 is 0 Å². The van der Waals surface area contributed by atoms with E-state index in [9.17, 15) is 0 Å². The third-order valence-corrected chi connectivity index (χ3v) is 2.66. The molecule has 17 heavy (non-hydrogen) atoms. The van der Waals surface area contributed by atoms with Gasteiger partial charge in [0, 0.05) is 44.6 Å². The summed E-state index contributed by atoms with van der Waals surface area (Å²) in [6.45, 7) is 5.13. The summed E-state index contributed by atoms with van der Waals surface area (Å²) in [6, 6.07) is 6.01. The fraction of sp³-hybridized carbons (Fsp3) is 0.615. The van der Waals surface area contributed by atoms with E-state index >= 15 is 0 Å². The number of ether oxygens (including phenoxy) is 1. The summed E-state index contributed by atoms with van der Waals surface area (Å²) < 4.78 is 5.53. The topological polar surface area (TPSA) is 51.4 Å². The molecule has 1 heterocycles. The predicted molar refractivity (Wildman–Crippen MR) is 69.9 cm³/mol. The molecule has 1 aromatic rings. The van der Waals surface area contributed by atoms with E-state index in [4.69, 9.17) is 10.5 Å². The van der Waals surface area contributed by atoms with E-state index in [2.05, 4.69) is 23.0 Å². The Morgan fingerprint density at radius 1 is 1.47 bits per heavy atom. The largest absolute Gasteiger partial charge is 0.376 e. The molecule has 0 saturated carbocycles. The quantitative estimate of drug-likeness (QED) is 0.730. The normalized spacial score (nSPS) is 12.9. The van der Waals surface area contributed by atoms with E-state index in [0.717, 1.165) is 31.8 Å². The van der Waals surface area contributed by atoms with Crippen LogP contribution in [0.3, 0.4) is 0 Å².